The summed E-state index contributed by atoms with van der Waals surface area (Å²) < 4.78 is 13.5. The SMILES string of the molecule is NC(=O)c1cccc(C2C[C@H]3CC[C@@H](C2)N3CCN(CCc2cccc(F)c2)C(=O)CO)c1. The van der Waals surface area contributed by atoms with Gasteiger partial charge in [0.25, 0.3) is 0 Å². The number of nitrogens with two attached hydrogens (primary N) is 1. The number of primary amides is 1. The lowest BCUT2D eigenvalue weighted by molar-refractivity contribution is -0.134. The number of hydrogen-bond acceptors (Lipinski definition) is 4. The molecule has 33 heavy (non-hydrogen) atoms. The molecule has 2 aromatic carbocycles. The summed E-state index contributed by atoms with van der Waals surface area (Å²) in [6.07, 6.45) is 4.86. The van der Waals surface area contributed by atoms with E-state index in [1.165, 1.54) is 17.7 Å². The first-order valence-corrected chi connectivity index (χ1v) is 11.7. The molecular weight excluding hydrogens is 421 g/mol. The number of hydrogen-bond donors (Lipinski definition) is 2. The summed E-state index contributed by atoms with van der Waals surface area (Å²) in [5.74, 6) is -0.574. The number of aliphatic hydroxyl groups excluding tert-OH is 1. The molecule has 0 radical (unpaired) electrons. The maximum Gasteiger partial charge on any atom is 0.248 e. The van der Waals surface area contributed by atoms with Crippen LogP contribution in [-0.4, -0.2) is 65.0 Å². The predicted octanol–water partition coefficient (Wildman–Crippen LogP) is 2.70. The van der Waals surface area contributed by atoms with E-state index in [9.17, 15) is 19.1 Å². The number of carbonyl (C=O) groups excluding carboxylic acids is 2. The Morgan fingerprint density at radius 2 is 1.79 bits per heavy atom. The number of fused-ring (bicyclic) bond motifs is 2. The molecule has 7 heteroatoms. The number of amides is 2. The molecule has 176 valence electrons. The molecule has 0 saturated carbocycles. The molecule has 0 aromatic heterocycles. The van der Waals surface area contributed by atoms with Gasteiger partial charge < -0.3 is 15.7 Å². The lowest BCUT2D eigenvalue weighted by Crippen LogP contribution is -2.47. The van der Waals surface area contributed by atoms with Crippen LogP contribution in [0, 0.1) is 5.82 Å². The van der Waals surface area contributed by atoms with Gasteiger partial charge in [-0.25, -0.2) is 4.39 Å². The van der Waals surface area contributed by atoms with Gasteiger partial charge in [0.2, 0.25) is 11.8 Å². The minimum absolute atomic E-state index is 0.284. The molecule has 2 amide bonds. The van der Waals surface area contributed by atoms with E-state index >= 15 is 0 Å². The van der Waals surface area contributed by atoms with E-state index in [1.807, 2.05) is 18.2 Å². The van der Waals surface area contributed by atoms with Gasteiger partial charge in [-0.1, -0.05) is 24.3 Å². The Bertz CT molecular complexity index is 984. The largest absolute Gasteiger partial charge is 0.387 e. The fourth-order valence-corrected chi connectivity index (χ4v) is 5.51. The van der Waals surface area contributed by atoms with Crippen molar-refractivity contribution in [2.75, 3.05) is 26.2 Å². The van der Waals surface area contributed by atoms with E-state index in [-0.39, 0.29) is 11.7 Å². The third kappa shape index (κ3) is 5.60. The molecule has 2 aromatic rings. The van der Waals surface area contributed by atoms with Crippen molar-refractivity contribution in [1.29, 1.82) is 0 Å². The molecule has 1 unspecified atom stereocenters. The molecule has 2 aliphatic heterocycles. The smallest absolute Gasteiger partial charge is 0.248 e. The van der Waals surface area contributed by atoms with E-state index in [0.717, 1.165) is 37.8 Å². The van der Waals surface area contributed by atoms with Crippen LogP contribution in [0.25, 0.3) is 0 Å². The van der Waals surface area contributed by atoms with Gasteiger partial charge in [0.05, 0.1) is 0 Å². The van der Waals surface area contributed by atoms with E-state index in [1.54, 1.807) is 17.0 Å². The van der Waals surface area contributed by atoms with Gasteiger partial charge in [-0.05, 0) is 73.4 Å². The minimum atomic E-state index is -0.520. The quantitative estimate of drug-likeness (QED) is 0.611. The normalized spacial score (nSPS) is 22.3. The van der Waals surface area contributed by atoms with Gasteiger partial charge in [-0.2, -0.15) is 0 Å². The van der Waals surface area contributed by atoms with Gasteiger partial charge in [-0.3, -0.25) is 14.5 Å². The first-order chi connectivity index (χ1) is 15.9. The van der Waals surface area contributed by atoms with Gasteiger partial charge >= 0.3 is 0 Å². The molecule has 6 nitrogen and oxygen atoms in total. The number of rotatable bonds is 9. The molecule has 2 fully saturated rings. The molecule has 4 rings (SSSR count). The number of halogens is 1. The summed E-state index contributed by atoms with van der Waals surface area (Å²) in [5.41, 5.74) is 8.03. The highest BCUT2D eigenvalue weighted by molar-refractivity contribution is 5.92. The standard InChI is InChI=1S/C26H32FN3O3/c27-22-6-1-3-18(13-22)9-10-29(25(32)17-31)11-12-30-23-7-8-24(30)16-21(15-23)19-4-2-5-20(14-19)26(28)33/h1-6,13-14,21,23-24,31H,7-12,15-17H2,(H2,28,33)/t21?,23-,24+. The summed E-state index contributed by atoms with van der Waals surface area (Å²) >= 11 is 0. The fraction of sp³-hybridized carbons (Fsp3) is 0.462. The van der Waals surface area contributed by atoms with Crippen molar-refractivity contribution in [3.8, 4) is 0 Å². The third-order valence-corrected chi connectivity index (χ3v) is 7.20. The molecule has 2 saturated heterocycles. The minimum Gasteiger partial charge on any atom is -0.387 e. The van der Waals surface area contributed by atoms with Crippen LogP contribution in [0.15, 0.2) is 48.5 Å². The average molecular weight is 454 g/mol. The Balaban J connectivity index is 1.36. The highest BCUT2D eigenvalue weighted by Crippen LogP contribution is 2.43. The van der Waals surface area contributed by atoms with E-state index in [0.29, 0.717) is 43.1 Å². The lowest BCUT2D eigenvalue weighted by atomic mass is 9.84. The zero-order valence-corrected chi connectivity index (χ0v) is 18.8. The van der Waals surface area contributed by atoms with Crippen LogP contribution in [0.1, 0.15) is 53.1 Å². The van der Waals surface area contributed by atoms with E-state index < -0.39 is 12.5 Å². The highest BCUT2D eigenvalue weighted by Gasteiger charge is 2.41. The van der Waals surface area contributed by atoms with Crippen molar-refractivity contribution >= 4 is 11.8 Å². The summed E-state index contributed by atoms with van der Waals surface area (Å²) in [4.78, 5) is 28.1. The van der Waals surface area contributed by atoms with Crippen molar-refractivity contribution in [2.45, 2.75) is 50.1 Å². The summed E-state index contributed by atoms with van der Waals surface area (Å²) in [6.45, 7) is 1.24. The molecule has 0 spiro atoms. The molecule has 2 bridgehead atoms. The van der Waals surface area contributed by atoms with Crippen molar-refractivity contribution in [3.63, 3.8) is 0 Å². The van der Waals surface area contributed by atoms with Crippen LogP contribution in [0.4, 0.5) is 4.39 Å². The van der Waals surface area contributed by atoms with Crippen LogP contribution >= 0.6 is 0 Å². The molecule has 3 atom stereocenters. The topological polar surface area (TPSA) is 86.9 Å². The lowest BCUT2D eigenvalue weighted by Gasteiger charge is -2.40. The Hall–Kier alpha value is -2.77. The number of nitrogens with zero attached hydrogens (tertiary/aromatic N) is 2. The molecular formula is C26H32FN3O3. The Labute approximate surface area is 194 Å². The van der Waals surface area contributed by atoms with Crippen molar-refractivity contribution in [1.82, 2.24) is 9.80 Å². The van der Waals surface area contributed by atoms with Crippen molar-refractivity contribution in [3.05, 3.63) is 71.0 Å². The maximum absolute atomic E-state index is 13.5. The molecule has 0 aliphatic carbocycles. The van der Waals surface area contributed by atoms with Gasteiger partial charge in [0.15, 0.2) is 0 Å². The van der Waals surface area contributed by atoms with Crippen LogP contribution < -0.4 is 5.73 Å². The van der Waals surface area contributed by atoms with E-state index in [4.69, 9.17) is 5.73 Å². The van der Waals surface area contributed by atoms with E-state index in [2.05, 4.69) is 11.0 Å². The average Bonchev–Trinajstić information content (AvgIpc) is 3.05. The summed E-state index contributed by atoms with van der Waals surface area (Å²) in [5, 5.41) is 9.42. The van der Waals surface area contributed by atoms with Crippen LogP contribution in [0.5, 0.6) is 0 Å². The van der Waals surface area contributed by atoms with Gasteiger partial charge in [-0.15, -0.1) is 0 Å². The van der Waals surface area contributed by atoms with Gasteiger partial charge in [0.1, 0.15) is 12.4 Å². The van der Waals surface area contributed by atoms with Crippen LogP contribution in [0.2, 0.25) is 0 Å². The predicted molar refractivity (Wildman–Crippen MR) is 124 cm³/mol. The molecule has 2 aliphatic rings. The zero-order chi connectivity index (χ0) is 23.4. The molecule has 2 heterocycles. The second kappa shape index (κ2) is 10.4. The van der Waals surface area contributed by atoms with Crippen molar-refractivity contribution in [2.24, 2.45) is 5.73 Å². The number of benzene rings is 2. The van der Waals surface area contributed by atoms with Crippen LogP contribution in [-0.2, 0) is 11.2 Å². The van der Waals surface area contributed by atoms with Crippen LogP contribution in [0.3, 0.4) is 0 Å². The van der Waals surface area contributed by atoms with Crippen molar-refractivity contribution < 1.29 is 19.1 Å². The summed E-state index contributed by atoms with van der Waals surface area (Å²) in [7, 11) is 0. The fourth-order valence-electron chi connectivity index (χ4n) is 5.51. The third-order valence-electron chi connectivity index (χ3n) is 7.20. The molecule has 3 N–H and O–H groups in total. The number of aliphatic hydroxyl groups is 1. The summed E-state index contributed by atoms with van der Waals surface area (Å²) in [6, 6.07) is 15.0. The Kier molecular flexibility index (Phi) is 7.40. The monoisotopic (exact) mass is 453 g/mol. The number of carbonyl (C=O) groups is 2. The maximum atomic E-state index is 13.5. The Morgan fingerprint density at radius 3 is 2.45 bits per heavy atom. The Morgan fingerprint density at radius 1 is 1.06 bits per heavy atom. The van der Waals surface area contributed by atoms with Gasteiger partial charge in [0, 0.05) is 37.3 Å². The zero-order valence-electron chi connectivity index (χ0n) is 18.8. The first kappa shape index (κ1) is 23.4. The first-order valence-electron chi connectivity index (χ1n) is 11.7. The second-order valence-electron chi connectivity index (χ2n) is 9.20. The highest BCUT2D eigenvalue weighted by atomic mass is 19.1. The second-order valence-corrected chi connectivity index (χ2v) is 9.20. The number of piperidine rings is 1.